The van der Waals surface area contributed by atoms with Gasteiger partial charge in [0, 0.05) is 10.8 Å². The summed E-state index contributed by atoms with van der Waals surface area (Å²) in [5.41, 5.74) is 1.32. The van der Waals surface area contributed by atoms with Crippen molar-refractivity contribution in [2.45, 2.75) is 17.7 Å². The molecule has 17 heavy (non-hydrogen) atoms. The number of hydrogen-bond acceptors (Lipinski definition) is 1. The molecule has 0 N–H and O–H groups in total. The van der Waals surface area contributed by atoms with Crippen molar-refractivity contribution < 1.29 is 0 Å². The number of rotatable bonds is 4. The normalized spacial score (nSPS) is 12.1. The smallest absolute Gasteiger partial charge is 0.0119 e. The fourth-order valence-corrected chi connectivity index (χ4v) is 2.56. The summed E-state index contributed by atoms with van der Waals surface area (Å²) in [7, 11) is 0. The van der Waals surface area contributed by atoms with Crippen molar-refractivity contribution in [3.8, 4) is 0 Å². The number of hydrogen-bond donors (Lipinski definition) is 0. The summed E-state index contributed by atoms with van der Waals surface area (Å²) in [6, 6.07) is 20.9. The lowest BCUT2D eigenvalue weighted by Crippen LogP contribution is -1.93. The van der Waals surface area contributed by atoms with Crippen molar-refractivity contribution in [2.24, 2.45) is 0 Å². The first kappa shape index (κ1) is 12.0. The first-order valence-corrected chi connectivity index (χ1v) is 6.55. The lowest BCUT2D eigenvalue weighted by molar-refractivity contribution is 0.954. The molecule has 86 valence electrons. The Morgan fingerprint density at radius 1 is 0.941 bits per heavy atom. The van der Waals surface area contributed by atoms with E-state index >= 15 is 0 Å². The van der Waals surface area contributed by atoms with Crippen molar-refractivity contribution in [3.63, 3.8) is 0 Å². The molecular weight excluding hydrogens is 224 g/mol. The lowest BCUT2D eigenvalue weighted by Gasteiger charge is -2.14. The predicted octanol–water partition coefficient (Wildman–Crippen LogP) is 5.10. The maximum absolute atomic E-state index is 4.19. The lowest BCUT2D eigenvalue weighted by atomic mass is 10.0. The van der Waals surface area contributed by atoms with Crippen LogP contribution in [0.5, 0.6) is 0 Å². The van der Waals surface area contributed by atoms with E-state index in [1.165, 1.54) is 15.4 Å². The third-order valence-corrected chi connectivity index (χ3v) is 3.90. The van der Waals surface area contributed by atoms with Gasteiger partial charge >= 0.3 is 0 Å². The van der Waals surface area contributed by atoms with E-state index in [9.17, 15) is 0 Å². The maximum Gasteiger partial charge on any atom is 0.0119 e. The largest absolute Gasteiger partial charge is 0.0945 e. The molecule has 1 unspecified atom stereocenters. The van der Waals surface area contributed by atoms with Crippen LogP contribution in [0.15, 0.2) is 77.0 Å². The van der Waals surface area contributed by atoms with Crippen LogP contribution in [-0.4, -0.2) is 0 Å². The van der Waals surface area contributed by atoms with Gasteiger partial charge in [0.1, 0.15) is 0 Å². The SMILES string of the molecule is C=C(Sc1ccccc1)C(C)c1ccccc1. The maximum atomic E-state index is 4.19. The molecule has 0 saturated heterocycles. The molecule has 0 amide bonds. The first-order valence-electron chi connectivity index (χ1n) is 5.74. The van der Waals surface area contributed by atoms with Gasteiger partial charge in [-0.15, -0.1) is 0 Å². The molecular formula is C16H16S. The Kier molecular flexibility index (Phi) is 4.05. The molecule has 0 spiro atoms. The van der Waals surface area contributed by atoms with Gasteiger partial charge in [-0.05, 0) is 22.6 Å². The third kappa shape index (κ3) is 3.24. The van der Waals surface area contributed by atoms with Gasteiger partial charge in [0.15, 0.2) is 0 Å². The second-order valence-corrected chi connectivity index (χ2v) is 5.21. The Morgan fingerprint density at radius 3 is 2.06 bits per heavy atom. The molecule has 1 atom stereocenters. The van der Waals surface area contributed by atoms with Crippen LogP contribution in [0, 0.1) is 0 Å². The number of thioether (sulfide) groups is 1. The van der Waals surface area contributed by atoms with E-state index in [0.717, 1.165) is 0 Å². The van der Waals surface area contributed by atoms with Crippen LogP contribution in [0.1, 0.15) is 18.4 Å². The quantitative estimate of drug-likeness (QED) is 0.670. The van der Waals surface area contributed by atoms with E-state index in [1.54, 1.807) is 11.8 Å². The second kappa shape index (κ2) is 5.74. The van der Waals surface area contributed by atoms with Crippen molar-refractivity contribution in [1.29, 1.82) is 0 Å². The zero-order valence-electron chi connectivity index (χ0n) is 9.97. The average molecular weight is 240 g/mol. The Bertz CT molecular complexity index is 473. The van der Waals surface area contributed by atoms with E-state index in [2.05, 4.69) is 62.0 Å². The summed E-state index contributed by atoms with van der Waals surface area (Å²) >= 11 is 1.75. The summed E-state index contributed by atoms with van der Waals surface area (Å²) in [5.74, 6) is 0.376. The van der Waals surface area contributed by atoms with E-state index < -0.39 is 0 Å². The molecule has 0 bridgehead atoms. The van der Waals surface area contributed by atoms with Gasteiger partial charge in [0.2, 0.25) is 0 Å². The topological polar surface area (TPSA) is 0 Å². The van der Waals surface area contributed by atoms with Crippen molar-refractivity contribution in [2.75, 3.05) is 0 Å². The van der Waals surface area contributed by atoms with Gasteiger partial charge in [-0.1, -0.05) is 73.8 Å². The van der Waals surface area contributed by atoms with E-state index in [1.807, 2.05) is 12.1 Å². The fourth-order valence-electron chi connectivity index (χ4n) is 1.66. The van der Waals surface area contributed by atoms with Gasteiger partial charge < -0.3 is 0 Å². The third-order valence-electron chi connectivity index (χ3n) is 2.77. The number of benzene rings is 2. The molecule has 0 aliphatic rings. The summed E-state index contributed by atoms with van der Waals surface area (Å²) < 4.78 is 0. The molecule has 2 rings (SSSR count). The predicted molar refractivity (Wildman–Crippen MR) is 76.3 cm³/mol. The molecule has 0 nitrogen and oxygen atoms in total. The van der Waals surface area contributed by atoms with Crippen LogP contribution in [0.3, 0.4) is 0 Å². The van der Waals surface area contributed by atoms with Crippen LogP contribution < -0.4 is 0 Å². The molecule has 1 heteroatoms. The minimum Gasteiger partial charge on any atom is -0.0945 e. The van der Waals surface area contributed by atoms with Crippen LogP contribution in [0.2, 0.25) is 0 Å². The van der Waals surface area contributed by atoms with Gasteiger partial charge in [-0.3, -0.25) is 0 Å². The average Bonchev–Trinajstić information content (AvgIpc) is 2.40. The monoisotopic (exact) mass is 240 g/mol. The summed E-state index contributed by atoms with van der Waals surface area (Å²) in [6.45, 7) is 6.39. The zero-order chi connectivity index (χ0) is 12.1. The fraction of sp³-hybridized carbons (Fsp3) is 0.125. The molecule has 0 radical (unpaired) electrons. The van der Waals surface area contributed by atoms with E-state index in [4.69, 9.17) is 0 Å². The van der Waals surface area contributed by atoms with Crippen LogP contribution in [-0.2, 0) is 0 Å². The molecule has 0 saturated carbocycles. The van der Waals surface area contributed by atoms with Crippen LogP contribution in [0.25, 0.3) is 0 Å². The highest BCUT2D eigenvalue weighted by Gasteiger charge is 2.09. The minimum atomic E-state index is 0.376. The Morgan fingerprint density at radius 2 is 1.47 bits per heavy atom. The second-order valence-electron chi connectivity index (χ2n) is 4.01. The van der Waals surface area contributed by atoms with Crippen molar-refractivity contribution >= 4 is 11.8 Å². The highest BCUT2D eigenvalue weighted by molar-refractivity contribution is 8.03. The van der Waals surface area contributed by atoms with Crippen LogP contribution >= 0.6 is 11.8 Å². The molecule has 2 aromatic rings. The standard InChI is InChI=1S/C16H16S/c1-13(15-9-5-3-6-10-15)14(2)17-16-11-7-4-8-12-16/h3-13H,2H2,1H3. The first-order chi connectivity index (χ1) is 8.27. The summed E-state index contributed by atoms with van der Waals surface area (Å²) in [5, 5.41) is 0. The van der Waals surface area contributed by atoms with Crippen molar-refractivity contribution in [3.05, 3.63) is 77.7 Å². The van der Waals surface area contributed by atoms with Gasteiger partial charge in [-0.2, -0.15) is 0 Å². The Hall–Kier alpha value is -1.47. The van der Waals surface area contributed by atoms with Gasteiger partial charge in [0.25, 0.3) is 0 Å². The summed E-state index contributed by atoms with van der Waals surface area (Å²) in [4.78, 5) is 2.43. The molecule has 0 aliphatic heterocycles. The molecule has 0 heterocycles. The zero-order valence-corrected chi connectivity index (χ0v) is 10.8. The highest BCUT2D eigenvalue weighted by Crippen LogP contribution is 2.35. The van der Waals surface area contributed by atoms with Gasteiger partial charge in [0.05, 0.1) is 0 Å². The molecule has 0 aliphatic carbocycles. The summed E-state index contributed by atoms with van der Waals surface area (Å²) in [6.07, 6.45) is 0. The van der Waals surface area contributed by atoms with E-state index in [-0.39, 0.29) is 0 Å². The Balaban J connectivity index is 2.06. The molecule has 0 aromatic heterocycles. The molecule has 2 aromatic carbocycles. The van der Waals surface area contributed by atoms with Crippen molar-refractivity contribution in [1.82, 2.24) is 0 Å². The Labute approximate surface area is 107 Å². The van der Waals surface area contributed by atoms with E-state index in [0.29, 0.717) is 5.92 Å². The van der Waals surface area contributed by atoms with Gasteiger partial charge in [-0.25, -0.2) is 0 Å². The highest BCUT2D eigenvalue weighted by atomic mass is 32.2. The van der Waals surface area contributed by atoms with Crippen LogP contribution in [0.4, 0.5) is 0 Å². The minimum absolute atomic E-state index is 0.376. The number of allylic oxidation sites excluding steroid dienone is 1. The molecule has 0 fully saturated rings.